The number of halogens is 1. The lowest BCUT2D eigenvalue weighted by molar-refractivity contribution is 0.977. The van der Waals surface area contributed by atoms with E-state index in [0.717, 1.165) is 10.6 Å². The molecule has 0 amide bonds. The lowest BCUT2D eigenvalue weighted by atomic mass is 9.85. The molecule has 0 unspecified atom stereocenters. The van der Waals surface area contributed by atoms with Crippen molar-refractivity contribution in [1.82, 2.24) is 0 Å². The molecule has 0 aliphatic carbocycles. The number of rotatable bonds is 3. The van der Waals surface area contributed by atoms with Crippen molar-refractivity contribution in [2.24, 2.45) is 0 Å². The highest BCUT2D eigenvalue weighted by Gasteiger charge is 2.18. The normalized spacial score (nSPS) is 10.7. The molecule has 0 atom stereocenters. The average Bonchev–Trinajstić information content (AvgIpc) is 2.52. The molecule has 0 N–H and O–H groups in total. The van der Waals surface area contributed by atoms with Crippen molar-refractivity contribution in [3.05, 3.63) is 107 Å². The van der Waals surface area contributed by atoms with Crippen LogP contribution in [0, 0.1) is 12.1 Å². The summed E-state index contributed by atoms with van der Waals surface area (Å²) in [6, 6.07) is 30.2. The predicted molar refractivity (Wildman–Crippen MR) is 83.0 cm³/mol. The average molecular weight is 277 g/mol. The van der Waals surface area contributed by atoms with Gasteiger partial charge in [-0.2, -0.15) is 0 Å². The van der Waals surface area contributed by atoms with Crippen LogP contribution in [0.3, 0.4) is 0 Å². The molecule has 0 saturated carbocycles. The molecule has 3 aromatic carbocycles. The van der Waals surface area contributed by atoms with Gasteiger partial charge in [0, 0.05) is 10.9 Å². The van der Waals surface area contributed by atoms with Gasteiger partial charge in [-0.3, -0.25) is 0 Å². The zero-order chi connectivity index (χ0) is 13.8. The Kier molecular flexibility index (Phi) is 3.85. The van der Waals surface area contributed by atoms with E-state index in [1.54, 1.807) is 0 Å². The van der Waals surface area contributed by atoms with Gasteiger partial charge in [0.1, 0.15) is 0 Å². The Bertz CT molecular complexity index is 635. The first-order valence-electron chi connectivity index (χ1n) is 6.53. The second-order valence-electron chi connectivity index (χ2n) is 4.62. The van der Waals surface area contributed by atoms with Crippen molar-refractivity contribution in [3.63, 3.8) is 0 Å². The molecule has 0 heterocycles. The molecule has 3 rings (SSSR count). The third kappa shape index (κ3) is 2.61. The van der Waals surface area contributed by atoms with E-state index in [4.69, 9.17) is 11.6 Å². The van der Waals surface area contributed by atoms with Gasteiger partial charge in [0.25, 0.3) is 0 Å². The summed E-state index contributed by atoms with van der Waals surface area (Å²) < 4.78 is 0. The highest BCUT2D eigenvalue weighted by Crippen LogP contribution is 2.35. The zero-order valence-electron chi connectivity index (χ0n) is 10.9. The maximum Gasteiger partial charge on any atom is 0.0447 e. The lowest BCUT2D eigenvalue weighted by Crippen LogP contribution is -2.03. The summed E-state index contributed by atoms with van der Waals surface area (Å²) in [4.78, 5) is 0. The van der Waals surface area contributed by atoms with Gasteiger partial charge >= 0.3 is 0 Å². The van der Waals surface area contributed by atoms with Crippen molar-refractivity contribution < 1.29 is 0 Å². The molecule has 1 heteroatoms. The molecule has 20 heavy (non-hydrogen) atoms. The fraction of sp³-hybridized carbons (Fsp3) is 0.0526. The number of benzene rings is 3. The summed E-state index contributed by atoms with van der Waals surface area (Å²) >= 11 is 6.40. The maximum absolute atomic E-state index is 6.40. The molecule has 0 aliphatic rings. The highest BCUT2D eigenvalue weighted by atomic mass is 35.5. The van der Waals surface area contributed by atoms with Gasteiger partial charge in [0.15, 0.2) is 0 Å². The summed E-state index contributed by atoms with van der Waals surface area (Å²) in [5, 5.41) is 0.790. The van der Waals surface area contributed by atoms with E-state index in [2.05, 4.69) is 42.5 Å². The van der Waals surface area contributed by atoms with E-state index in [9.17, 15) is 0 Å². The fourth-order valence-corrected chi connectivity index (χ4v) is 2.69. The largest absolute Gasteiger partial charge is 0.0840 e. The van der Waals surface area contributed by atoms with Crippen molar-refractivity contribution in [2.75, 3.05) is 0 Å². The smallest absolute Gasteiger partial charge is 0.0447 e. The van der Waals surface area contributed by atoms with Crippen LogP contribution in [0.2, 0.25) is 5.02 Å². The van der Waals surface area contributed by atoms with Crippen molar-refractivity contribution in [3.8, 4) is 0 Å². The van der Waals surface area contributed by atoms with Crippen LogP contribution < -0.4 is 0 Å². The molecule has 3 aromatic rings. The fourth-order valence-electron chi connectivity index (χ4n) is 2.45. The van der Waals surface area contributed by atoms with Crippen molar-refractivity contribution in [2.45, 2.75) is 5.92 Å². The molecule has 0 spiro atoms. The zero-order valence-corrected chi connectivity index (χ0v) is 11.6. The third-order valence-corrected chi connectivity index (χ3v) is 3.72. The highest BCUT2D eigenvalue weighted by molar-refractivity contribution is 6.31. The minimum atomic E-state index is 0.132. The van der Waals surface area contributed by atoms with Gasteiger partial charge < -0.3 is 0 Å². The minimum absolute atomic E-state index is 0.132. The first kappa shape index (κ1) is 13.0. The summed E-state index contributed by atoms with van der Waals surface area (Å²) in [6.45, 7) is 0. The molecule has 0 nitrogen and oxygen atoms in total. The Morgan fingerprint density at radius 2 is 1.20 bits per heavy atom. The summed E-state index contributed by atoms with van der Waals surface area (Å²) in [5.41, 5.74) is 3.54. The maximum atomic E-state index is 6.40. The van der Waals surface area contributed by atoms with Crippen LogP contribution in [0.15, 0.2) is 72.8 Å². The molecule has 96 valence electrons. The molecule has 0 saturated heterocycles. The second-order valence-corrected chi connectivity index (χ2v) is 5.03. The van der Waals surface area contributed by atoms with Gasteiger partial charge in [-0.25, -0.2) is 0 Å². The molecule has 2 radical (unpaired) electrons. The quantitative estimate of drug-likeness (QED) is 0.583. The van der Waals surface area contributed by atoms with Crippen LogP contribution in [0.1, 0.15) is 22.6 Å². The summed E-state index contributed by atoms with van der Waals surface area (Å²) in [7, 11) is 0. The number of hydrogen-bond donors (Lipinski definition) is 0. The van der Waals surface area contributed by atoms with E-state index in [0.29, 0.717) is 0 Å². The summed E-state index contributed by atoms with van der Waals surface area (Å²) in [5.74, 6) is 0.132. The van der Waals surface area contributed by atoms with Gasteiger partial charge in [-0.15, -0.1) is 0 Å². The van der Waals surface area contributed by atoms with Gasteiger partial charge in [0.2, 0.25) is 0 Å². The molecular weight excluding hydrogens is 264 g/mol. The van der Waals surface area contributed by atoms with Crippen LogP contribution >= 0.6 is 11.6 Å². The van der Waals surface area contributed by atoms with Crippen LogP contribution in [0.4, 0.5) is 0 Å². The van der Waals surface area contributed by atoms with Crippen LogP contribution in [-0.2, 0) is 0 Å². The topological polar surface area (TPSA) is 0 Å². The molecule has 0 aliphatic heterocycles. The molecule has 0 fully saturated rings. The monoisotopic (exact) mass is 276 g/mol. The molecule has 0 aromatic heterocycles. The summed E-state index contributed by atoms with van der Waals surface area (Å²) in [6.07, 6.45) is 0. The predicted octanol–water partition coefficient (Wildman–Crippen LogP) is 5.12. The Labute approximate surface area is 124 Å². The van der Waals surface area contributed by atoms with Gasteiger partial charge in [-0.05, 0) is 34.9 Å². The first-order chi connectivity index (χ1) is 9.86. The van der Waals surface area contributed by atoms with E-state index in [-0.39, 0.29) is 5.92 Å². The van der Waals surface area contributed by atoms with E-state index >= 15 is 0 Å². The van der Waals surface area contributed by atoms with Crippen LogP contribution in [0.5, 0.6) is 0 Å². The van der Waals surface area contributed by atoms with Crippen LogP contribution in [0.25, 0.3) is 0 Å². The Hall–Kier alpha value is -2.05. The lowest BCUT2D eigenvalue weighted by Gasteiger charge is -2.19. The third-order valence-electron chi connectivity index (χ3n) is 3.37. The van der Waals surface area contributed by atoms with Crippen molar-refractivity contribution >= 4 is 11.6 Å². The second kappa shape index (κ2) is 5.94. The van der Waals surface area contributed by atoms with E-state index in [1.165, 1.54) is 11.1 Å². The molecular formula is C19H13Cl. The van der Waals surface area contributed by atoms with Gasteiger partial charge in [0.05, 0.1) is 0 Å². The Morgan fingerprint density at radius 1 is 0.700 bits per heavy atom. The molecule has 0 bridgehead atoms. The first-order valence-corrected chi connectivity index (χ1v) is 6.90. The van der Waals surface area contributed by atoms with Crippen molar-refractivity contribution in [1.29, 1.82) is 0 Å². The SMILES string of the molecule is Clc1ccccc1C(c1cc[c]cc1)c1cc[c]cc1. The van der Waals surface area contributed by atoms with E-state index in [1.807, 2.05) is 42.5 Å². The minimum Gasteiger partial charge on any atom is -0.0840 e. The van der Waals surface area contributed by atoms with E-state index < -0.39 is 0 Å². The standard InChI is InChI=1S/C19H13Cl/c20-18-14-8-7-13-17(18)19(15-9-3-1-4-10-15)16-11-5-2-6-12-16/h3-14,19H. The Balaban J connectivity index is 2.17. The number of hydrogen-bond acceptors (Lipinski definition) is 0. The Morgan fingerprint density at radius 3 is 1.70 bits per heavy atom. The van der Waals surface area contributed by atoms with Gasteiger partial charge in [-0.1, -0.05) is 78.3 Å². The van der Waals surface area contributed by atoms with Crippen LogP contribution in [-0.4, -0.2) is 0 Å².